The molecule has 8 heteroatoms. The van der Waals surface area contributed by atoms with Gasteiger partial charge in [-0.15, -0.1) is 0 Å². The predicted molar refractivity (Wildman–Crippen MR) is 108 cm³/mol. The average Bonchev–Trinajstić information content (AvgIpc) is 3.05. The van der Waals surface area contributed by atoms with E-state index in [1.165, 1.54) is 12.3 Å². The third kappa shape index (κ3) is 5.54. The maximum atomic E-state index is 11.5. The highest BCUT2D eigenvalue weighted by Crippen LogP contribution is 2.26. The van der Waals surface area contributed by atoms with Crippen LogP contribution in [0.5, 0.6) is 5.75 Å². The van der Waals surface area contributed by atoms with E-state index in [0.717, 1.165) is 24.9 Å². The second kappa shape index (κ2) is 8.91. The highest BCUT2D eigenvalue weighted by Gasteiger charge is 2.31. The maximum Gasteiger partial charge on any atom is 0.192 e. The lowest BCUT2D eigenvalue weighted by molar-refractivity contribution is 0.121. The molecule has 1 aromatic carbocycles. The van der Waals surface area contributed by atoms with E-state index in [0.29, 0.717) is 36.3 Å². The lowest BCUT2D eigenvalue weighted by Gasteiger charge is -2.20. The van der Waals surface area contributed by atoms with Crippen LogP contribution in [0.25, 0.3) is 0 Å². The summed E-state index contributed by atoms with van der Waals surface area (Å²) >= 11 is 0. The average molecular weight is 416 g/mol. The number of hydrogen-bond donors (Lipinski definition) is 1. The van der Waals surface area contributed by atoms with Crippen molar-refractivity contribution < 1.29 is 18.3 Å². The Morgan fingerprint density at radius 1 is 1.34 bits per heavy atom. The number of aromatic nitrogens is 1. The van der Waals surface area contributed by atoms with Gasteiger partial charge in [-0.1, -0.05) is 19.1 Å². The van der Waals surface area contributed by atoms with Gasteiger partial charge in [0.2, 0.25) is 0 Å². The number of rotatable bonds is 7. The fourth-order valence-corrected chi connectivity index (χ4v) is 4.11. The van der Waals surface area contributed by atoms with Gasteiger partial charge in [-0.05, 0) is 35.7 Å². The molecule has 0 aliphatic carbocycles. The number of benzene rings is 1. The molecule has 1 saturated heterocycles. The summed E-state index contributed by atoms with van der Waals surface area (Å²) in [6, 6.07) is 12.2. The zero-order valence-corrected chi connectivity index (χ0v) is 17.3. The van der Waals surface area contributed by atoms with E-state index in [9.17, 15) is 13.5 Å². The van der Waals surface area contributed by atoms with Crippen LogP contribution in [0.2, 0.25) is 0 Å². The van der Waals surface area contributed by atoms with Crippen LogP contribution in [-0.2, 0) is 9.84 Å². The zero-order chi connectivity index (χ0) is 21.0. The number of β-amino-alcohol motifs (C(OH)–C–C–N with tert-alkyl or cyclic N) is 1. The van der Waals surface area contributed by atoms with E-state index in [2.05, 4.69) is 22.9 Å². The Bertz CT molecular complexity index is 986. The van der Waals surface area contributed by atoms with Gasteiger partial charge >= 0.3 is 0 Å². The Hall–Kier alpha value is -2.47. The van der Waals surface area contributed by atoms with Crippen molar-refractivity contribution in [2.45, 2.75) is 18.1 Å². The summed E-state index contributed by atoms with van der Waals surface area (Å²) in [4.78, 5) is 6.14. The first-order valence-electron chi connectivity index (χ1n) is 9.45. The monoisotopic (exact) mass is 415 g/mol. The van der Waals surface area contributed by atoms with Crippen LogP contribution in [0.15, 0.2) is 47.6 Å². The van der Waals surface area contributed by atoms with Gasteiger partial charge in [0.15, 0.2) is 14.9 Å². The summed E-state index contributed by atoms with van der Waals surface area (Å²) < 4.78 is 28.8. The quantitative estimate of drug-likeness (QED) is 0.738. The normalized spacial score (nSPS) is 20.9. The summed E-state index contributed by atoms with van der Waals surface area (Å²) in [7, 11) is -3.32. The topological polar surface area (TPSA) is 104 Å². The van der Waals surface area contributed by atoms with Crippen molar-refractivity contribution in [1.29, 1.82) is 5.26 Å². The third-order valence-electron chi connectivity index (χ3n) is 5.23. The Morgan fingerprint density at radius 3 is 2.79 bits per heavy atom. The van der Waals surface area contributed by atoms with Gasteiger partial charge in [-0.3, -0.25) is 4.90 Å². The molecule has 2 heterocycles. The molecule has 1 fully saturated rings. The molecular formula is C21H25N3O4S. The van der Waals surface area contributed by atoms with E-state index in [-0.39, 0.29) is 5.03 Å². The van der Waals surface area contributed by atoms with Gasteiger partial charge in [0, 0.05) is 31.8 Å². The number of aliphatic hydroxyl groups excluding tert-OH is 1. The predicted octanol–water partition coefficient (Wildman–Crippen LogP) is 2.04. The standard InChI is InChI=1S/C21H25N3O4S/c1-15-11-24(13-20(25)17-5-3-4-16(8-17)9-22)12-18(15)14-28-19-6-7-21(23-10-19)29(2,26)27/h3-8,10,15,18,20,25H,11-14H2,1-2H3. The summed E-state index contributed by atoms with van der Waals surface area (Å²) in [5, 5.41) is 19.6. The van der Waals surface area contributed by atoms with Crippen LogP contribution in [0.1, 0.15) is 24.2 Å². The summed E-state index contributed by atoms with van der Waals surface area (Å²) in [6.07, 6.45) is 1.90. The van der Waals surface area contributed by atoms with Crippen molar-refractivity contribution in [3.63, 3.8) is 0 Å². The van der Waals surface area contributed by atoms with Gasteiger partial charge in [-0.25, -0.2) is 13.4 Å². The van der Waals surface area contributed by atoms with Crippen LogP contribution < -0.4 is 4.74 Å². The Labute approximate surface area is 171 Å². The number of hydrogen-bond acceptors (Lipinski definition) is 7. The number of likely N-dealkylation sites (tertiary alicyclic amines) is 1. The van der Waals surface area contributed by atoms with Crippen molar-refractivity contribution in [2.24, 2.45) is 11.8 Å². The van der Waals surface area contributed by atoms with E-state index in [1.54, 1.807) is 24.3 Å². The van der Waals surface area contributed by atoms with Crippen LogP contribution in [0.4, 0.5) is 0 Å². The molecule has 0 amide bonds. The highest BCUT2D eigenvalue weighted by molar-refractivity contribution is 7.90. The fourth-order valence-electron chi connectivity index (χ4n) is 3.55. The SMILES string of the molecule is CC1CN(CC(O)c2cccc(C#N)c2)CC1COc1ccc(S(C)(=O)=O)nc1. The zero-order valence-electron chi connectivity index (χ0n) is 16.5. The van der Waals surface area contributed by atoms with Gasteiger partial charge in [0.1, 0.15) is 5.75 Å². The van der Waals surface area contributed by atoms with Crippen molar-refractivity contribution in [2.75, 3.05) is 32.5 Å². The summed E-state index contributed by atoms with van der Waals surface area (Å²) in [6.45, 7) is 4.80. The van der Waals surface area contributed by atoms with E-state index in [4.69, 9.17) is 10.00 Å². The molecule has 0 bridgehead atoms. The molecular weight excluding hydrogens is 390 g/mol. The second-order valence-electron chi connectivity index (χ2n) is 7.62. The molecule has 1 aliphatic rings. The number of nitriles is 1. The largest absolute Gasteiger partial charge is 0.492 e. The smallest absolute Gasteiger partial charge is 0.192 e. The lowest BCUT2D eigenvalue weighted by Crippen LogP contribution is -2.27. The minimum Gasteiger partial charge on any atom is -0.492 e. The first-order chi connectivity index (χ1) is 13.8. The van der Waals surface area contributed by atoms with Crippen LogP contribution in [-0.4, -0.2) is 55.9 Å². The number of aliphatic hydroxyl groups is 1. The van der Waals surface area contributed by atoms with E-state index in [1.807, 2.05) is 6.07 Å². The molecule has 2 aromatic rings. The van der Waals surface area contributed by atoms with Crippen molar-refractivity contribution in [3.8, 4) is 11.8 Å². The molecule has 1 aromatic heterocycles. The third-order valence-corrected chi connectivity index (χ3v) is 6.23. The number of nitrogens with zero attached hydrogens (tertiary/aromatic N) is 3. The molecule has 29 heavy (non-hydrogen) atoms. The molecule has 7 nitrogen and oxygen atoms in total. The molecule has 0 radical (unpaired) electrons. The fraction of sp³-hybridized carbons (Fsp3) is 0.429. The first kappa shape index (κ1) is 21.2. The van der Waals surface area contributed by atoms with Crippen molar-refractivity contribution >= 4 is 9.84 Å². The number of ether oxygens (including phenoxy) is 1. The van der Waals surface area contributed by atoms with Gasteiger partial charge < -0.3 is 9.84 Å². The molecule has 3 rings (SSSR count). The van der Waals surface area contributed by atoms with Crippen molar-refractivity contribution in [1.82, 2.24) is 9.88 Å². The lowest BCUT2D eigenvalue weighted by atomic mass is 9.99. The summed E-state index contributed by atoms with van der Waals surface area (Å²) in [5.41, 5.74) is 1.28. The second-order valence-corrected chi connectivity index (χ2v) is 9.59. The minimum atomic E-state index is -3.32. The van der Waals surface area contributed by atoms with E-state index < -0.39 is 15.9 Å². The molecule has 0 saturated carbocycles. The Kier molecular flexibility index (Phi) is 6.52. The van der Waals surface area contributed by atoms with Crippen LogP contribution >= 0.6 is 0 Å². The molecule has 1 N–H and O–H groups in total. The Morgan fingerprint density at radius 2 is 2.14 bits per heavy atom. The Balaban J connectivity index is 1.53. The van der Waals surface area contributed by atoms with Crippen LogP contribution in [0.3, 0.4) is 0 Å². The molecule has 3 atom stereocenters. The molecule has 154 valence electrons. The van der Waals surface area contributed by atoms with Gasteiger partial charge in [0.05, 0.1) is 30.5 Å². The highest BCUT2D eigenvalue weighted by atomic mass is 32.2. The maximum absolute atomic E-state index is 11.5. The molecule has 0 spiro atoms. The van der Waals surface area contributed by atoms with Gasteiger partial charge in [0.25, 0.3) is 0 Å². The number of pyridine rings is 1. The summed E-state index contributed by atoms with van der Waals surface area (Å²) in [5.74, 6) is 1.23. The first-order valence-corrected chi connectivity index (χ1v) is 11.3. The van der Waals surface area contributed by atoms with Gasteiger partial charge in [-0.2, -0.15) is 5.26 Å². The number of sulfone groups is 1. The van der Waals surface area contributed by atoms with E-state index >= 15 is 0 Å². The molecule has 3 unspecified atom stereocenters. The molecule has 1 aliphatic heterocycles. The van der Waals surface area contributed by atoms with Crippen LogP contribution in [0, 0.1) is 23.2 Å². The minimum absolute atomic E-state index is 0.0275. The van der Waals surface area contributed by atoms with Crippen molar-refractivity contribution in [3.05, 3.63) is 53.7 Å².